The SMILES string of the molecule is Oc1c(-c2ccccc2)nc2c(-c3ccc4ccccc4c3)nc(-c3ccc4ccccc4c3)cn12. The number of rotatable bonds is 3. The zero-order valence-electron chi connectivity index (χ0n) is 19.3. The Balaban J connectivity index is 1.52. The second-order valence-electron chi connectivity index (χ2n) is 8.94. The summed E-state index contributed by atoms with van der Waals surface area (Å²) in [5.74, 6) is 0.0997. The van der Waals surface area contributed by atoms with Gasteiger partial charge in [-0.1, -0.05) is 103 Å². The van der Waals surface area contributed by atoms with Crippen molar-refractivity contribution < 1.29 is 5.11 Å². The van der Waals surface area contributed by atoms with E-state index in [4.69, 9.17) is 9.97 Å². The number of benzene rings is 5. The van der Waals surface area contributed by atoms with Crippen molar-refractivity contribution in [1.82, 2.24) is 14.4 Å². The second-order valence-corrected chi connectivity index (χ2v) is 8.94. The molecule has 0 unspecified atom stereocenters. The molecule has 7 aromatic rings. The van der Waals surface area contributed by atoms with E-state index in [1.54, 1.807) is 4.40 Å². The molecule has 0 radical (unpaired) electrons. The summed E-state index contributed by atoms with van der Waals surface area (Å²) in [5, 5.41) is 15.9. The standard InChI is InChI=1S/C32H21N3O/c36-32-30(23-10-2-1-3-11-23)34-31-29(27-17-15-22-9-5-7-13-25(22)19-27)33-28(20-35(31)32)26-16-14-21-8-4-6-12-24(21)18-26/h1-20,36H. The van der Waals surface area contributed by atoms with Gasteiger partial charge >= 0.3 is 0 Å². The number of hydrogen-bond donors (Lipinski definition) is 1. The summed E-state index contributed by atoms with van der Waals surface area (Å²) >= 11 is 0. The third-order valence-corrected chi connectivity index (χ3v) is 6.70. The van der Waals surface area contributed by atoms with Crippen LogP contribution < -0.4 is 0 Å². The predicted octanol–water partition coefficient (Wildman–Crippen LogP) is 7.74. The number of nitrogens with zero attached hydrogens (tertiary/aromatic N) is 3. The molecule has 7 rings (SSSR count). The predicted molar refractivity (Wildman–Crippen MR) is 146 cm³/mol. The highest BCUT2D eigenvalue weighted by Crippen LogP contribution is 2.36. The van der Waals surface area contributed by atoms with Crippen LogP contribution in [-0.4, -0.2) is 19.5 Å². The summed E-state index contributed by atoms with van der Waals surface area (Å²) in [5.41, 5.74) is 5.43. The Hall–Kier alpha value is -4.96. The zero-order valence-corrected chi connectivity index (χ0v) is 19.3. The van der Waals surface area contributed by atoms with E-state index in [0.717, 1.165) is 38.9 Å². The van der Waals surface area contributed by atoms with Crippen LogP contribution in [0.2, 0.25) is 0 Å². The highest BCUT2D eigenvalue weighted by atomic mass is 16.3. The third kappa shape index (κ3) is 3.31. The number of fused-ring (bicyclic) bond motifs is 3. The quantitative estimate of drug-likeness (QED) is 0.292. The van der Waals surface area contributed by atoms with E-state index in [9.17, 15) is 5.11 Å². The van der Waals surface area contributed by atoms with Crippen LogP contribution in [-0.2, 0) is 0 Å². The van der Waals surface area contributed by atoms with Gasteiger partial charge in [-0.25, -0.2) is 9.97 Å². The molecule has 36 heavy (non-hydrogen) atoms. The molecule has 5 aromatic carbocycles. The Kier molecular flexibility index (Phi) is 4.57. The van der Waals surface area contributed by atoms with Gasteiger partial charge in [0.2, 0.25) is 5.88 Å². The van der Waals surface area contributed by atoms with Gasteiger partial charge in [0.05, 0.1) is 5.69 Å². The van der Waals surface area contributed by atoms with Crippen LogP contribution in [0.3, 0.4) is 0 Å². The van der Waals surface area contributed by atoms with Gasteiger partial charge in [0.25, 0.3) is 0 Å². The summed E-state index contributed by atoms with van der Waals surface area (Å²) in [6, 6.07) is 38.9. The lowest BCUT2D eigenvalue weighted by Gasteiger charge is -2.10. The summed E-state index contributed by atoms with van der Waals surface area (Å²) in [7, 11) is 0. The van der Waals surface area contributed by atoms with E-state index in [0.29, 0.717) is 11.3 Å². The van der Waals surface area contributed by atoms with Crippen LogP contribution in [0.5, 0.6) is 5.88 Å². The normalized spacial score (nSPS) is 11.4. The molecule has 0 bridgehead atoms. The Morgan fingerprint density at radius 1 is 0.500 bits per heavy atom. The molecule has 4 nitrogen and oxygen atoms in total. The minimum Gasteiger partial charge on any atom is -0.493 e. The van der Waals surface area contributed by atoms with Gasteiger partial charge in [0.1, 0.15) is 11.4 Å². The molecule has 0 fully saturated rings. The third-order valence-electron chi connectivity index (χ3n) is 6.70. The molecule has 0 aliphatic carbocycles. The zero-order chi connectivity index (χ0) is 24.1. The maximum Gasteiger partial charge on any atom is 0.224 e. The second kappa shape index (κ2) is 8.07. The molecule has 4 heteroatoms. The van der Waals surface area contributed by atoms with Gasteiger partial charge in [-0.2, -0.15) is 0 Å². The van der Waals surface area contributed by atoms with E-state index in [-0.39, 0.29) is 5.88 Å². The number of imidazole rings is 1. The lowest BCUT2D eigenvalue weighted by Crippen LogP contribution is -1.96. The minimum atomic E-state index is 0.0997. The fourth-order valence-electron chi connectivity index (χ4n) is 4.84. The molecule has 1 N–H and O–H groups in total. The number of aromatic nitrogens is 3. The van der Waals surface area contributed by atoms with Crippen molar-refractivity contribution in [3.8, 4) is 39.7 Å². The molecular weight excluding hydrogens is 442 g/mol. The molecule has 0 spiro atoms. The summed E-state index contributed by atoms with van der Waals surface area (Å²) < 4.78 is 1.75. The van der Waals surface area contributed by atoms with Crippen LogP contribution >= 0.6 is 0 Å². The lowest BCUT2D eigenvalue weighted by atomic mass is 10.0. The first-order valence-corrected chi connectivity index (χ1v) is 11.9. The molecular formula is C32H21N3O. The van der Waals surface area contributed by atoms with Gasteiger partial charge < -0.3 is 5.11 Å². The van der Waals surface area contributed by atoms with Gasteiger partial charge in [0, 0.05) is 22.9 Å². The van der Waals surface area contributed by atoms with Crippen molar-refractivity contribution in [2.45, 2.75) is 0 Å². The Morgan fingerprint density at radius 2 is 1.08 bits per heavy atom. The monoisotopic (exact) mass is 463 g/mol. The fourth-order valence-corrected chi connectivity index (χ4v) is 4.84. The molecule has 2 heterocycles. The van der Waals surface area contributed by atoms with Crippen molar-refractivity contribution in [2.75, 3.05) is 0 Å². The average molecular weight is 464 g/mol. The van der Waals surface area contributed by atoms with Crippen molar-refractivity contribution >= 4 is 27.2 Å². The first-order valence-electron chi connectivity index (χ1n) is 11.9. The highest BCUT2D eigenvalue weighted by molar-refractivity contribution is 5.91. The molecule has 170 valence electrons. The molecule has 2 aromatic heterocycles. The van der Waals surface area contributed by atoms with Crippen molar-refractivity contribution in [3.63, 3.8) is 0 Å². The molecule has 0 aliphatic rings. The van der Waals surface area contributed by atoms with Crippen LogP contribution in [0.25, 0.3) is 61.0 Å². The first-order chi connectivity index (χ1) is 17.7. The summed E-state index contributed by atoms with van der Waals surface area (Å²) in [6.45, 7) is 0. The number of aromatic hydroxyl groups is 1. The van der Waals surface area contributed by atoms with Crippen molar-refractivity contribution in [3.05, 3.63) is 121 Å². The fraction of sp³-hybridized carbons (Fsp3) is 0. The van der Waals surface area contributed by atoms with Gasteiger partial charge in [-0.05, 0) is 33.7 Å². The molecule has 0 amide bonds. The molecule has 0 saturated heterocycles. The van der Waals surface area contributed by atoms with E-state index >= 15 is 0 Å². The maximum absolute atomic E-state index is 11.3. The topological polar surface area (TPSA) is 50.4 Å². The van der Waals surface area contributed by atoms with E-state index in [1.165, 1.54) is 10.8 Å². The van der Waals surface area contributed by atoms with Gasteiger partial charge in [-0.15, -0.1) is 0 Å². The van der Waals surface area contributed by atoms with Crippen LogP contribution in [0.1, 0.15) is 0 Å². The Labute approximate surface area is 207 Å². The van der Waals surface area contributed by atoms with Crippen LogP contribution in [0.15, 0.2) is 121 Å². The van der Waals surface area contributed by atoms with Crippen LogP contribution in [0, 0.1) is 0 Å². The first kappa shape index (κ1) is 20.4. The lowest BCUT2D eigenvalue weighted by molar-refractivity contribution is 0.450. The van der Waals surface area contributed by atoms with Crippen molar-refractivity contribution in [2.24, 2.45) is 0 Å². The van der Waals surface area contributed by atoms with Crippen LogP contribution in [0.4, 0.5) is 0 Å². The Morgan fingerprint density at radius 3 is 1.78 bits per heavy atom. The van der Waals surface area contributed by atoms with Gasteiger partial charge in [-0.3, -0.25) is 4.40 Å². The Bertz CT molecular complexity index is 1900. The van der Waals surface area contributed by atoms with E-state index < -0.39 is 0 Å². The van der Waals surface area contributed by atoms with E-state index in [2.05, 4.69) is 60.7 Å². The summed E-state index contributed by atoms with van der Waals surface area (Å²) in [4.78, 5) is 9.98. The largest absolute Gasteiger partial charge is 0.493 e. The van der Waals surface area contributed by atoms with Gasteiger partial charge in [0.15, 0.2) is 5.65 Å². The van der Waals surface area contributed by atoms with E-state index in [1.807, 2.05) is 60.8 Å². The molecule has 0 atom stereocenters. The van der Waals surface area contributed by atoms with Crippen molar-refractivity contribution in [1.29, 1.82) is 0 Å². The maximum atomic E-state index is 11.3. The number of hydrogen-bond acceptors (Lipinski definition) is 3. The smallest absolute Gasteiger partial charge is 0.224 e. The highest BCUT2D eigenvalue weighted by Gasteiger charge is 2.19. The molecule has 0 aliphatic heterocycles. The molecule has 0 saturated carbocycles. The minimum absolute atomic E-state index is 0.0997. The summed E-state index contributed by atoms with van der Waals surface area (Å²) in [6.07, 6.45) is 1.87. The average Bonchev–Trinajstić information content (AvgIpc) is 3.28.